The van der Waals surface area contributed by atoms with Gasteiger partial charge in [-0.25, -0.2) is 4.98 Å². The second kappa shape index (κ2) is 7.58. The van der Waals surface area contributed by atoms with Crippen LogP contribution in [0.2, 0.25) is 5.02 Å². The van der Waals surface area contributed by atoms with E-state index in [9.17, 15) is 4.79 Å². The Kier molecular flexibility index (Phi) is 5.44. The number of nitrogens with one attached hydrogen (secondary N) is 1. The van der Waals surface area contributed by atoms with Crippen molar-refractivity contribution in [1.29, 1.82) is 0 Å². The standard InChI is InChI=1S/C17H22ClN5OS/c1-4-14(24)22-7-9-23(10-8-22)16-12(18)5-6-13-15(16)19-17(25-13)21-20-11(2)3/h5-6H,4,7-10H2,1-3H3,(H,19,21). The molecule has 1 aromatic carbocycles. The highest BCUT2D eigenvalue weighted by molar-refractivity contribution is 7.22. The fourth-order valence-corrected chi connectivity index (χ4v) is 3.95. The first-order chi connectivity index (χ1) is 12.0. The number of thiazole rings is 1. The minimum Gasteiger partial charge on any atom is -0.365 e. The largest absolute Gasteiger partial charge is 0.365 e. The van der Waals surface area contributed by atoms with Gasteiger partial charge in [0.1, 0.15) is 5.52 Å². The van der Waals surface area contributed by atoms with Crippen LogP contribution in [0.1, 0.15) is 27.2 Å². The van der Waals surface area contributed by atoms with Gasteiger partial charge in [0.25, 0.3) is 0 Å². The van der Waals surface area contributed by atoms with E-state index in [0.717, 1.165) is 39.8 Å². The average Bonchev–Trinajstić information content (AvgIpc) is 3.02. The van der Waals surface area contributed by atoms with Crippen molar-refractivity contribution in [3.05, 3.63) is 17.2 Å². The Morgan fingerprint density at radius 3 is 2.68 bits per heavy atom. The number of carbonyl (C=O) groups excluding carboxylic acids is 1. The third-order valence-electron chi connectivity index (χ3n) is 4.11. The van der Waals surface area contributed by atoms with Crippen LogP contribution < -0.4 is 10.3 Å². The lowest BCUT2D eigenvalue weighted by atomic mass is 10.2. The van der Waals surface area contributed by atoms with E-state index in [0.29, 0.717) is 24.5 Å². The number of hydrogen-bond acceptors (Lipinski definition) is 6. The summed E-state index contributed by atoms with van der Waals surface area (Å²) in [5.41, 5.74) is 5.77. The lowest BCUT2D eigenvalue weighted by Crippen LogP contribution is -2.48. The molecule has 134 valence electrons. The molecule has 2 aromatic rings. The Labute approximate surface area is 156 Å². The summed E-state index contributed by atoms with van der Waals surface area (Å²) in [5.74, 6) is 0.205. The SMILES string of the molecule is CCC(=O)N1CCN(c2c(Cl)ccc3sc(NN=C(C)C)nc23)CC1. The van der Waals surface area contributed by atoms with Gasteiger partial charge in [-0.1, -0.05) is 29.9 Å². The molecule has 0 bridgehead atoms. The van der Waals surface area contributed by atoms with Gasteiger partial charge < -0.3 is 9.80 Å². The number of hydrazone groups is 1. The smallest absolute Gasteiger partial charge is 0.222 e. The van der Waals surface area contributed by atoms with E-state index in [1.54, 1.807) is 11.3 Å². The summed E-state index contributed by atoms with van der Waals surface area (Å²) in [4.78, 5) is 20.7. The second-order valence-electron chi connectivity index (χ2n) is 6.15. The number of aromatic nitrogens is 1. The maximum absolute atomic E-state index is 11.9. The predicted octanol–water partition coefficient (Wildman–Crippen LogP) is 3.82. The van der Waals surface area contributed by atoms with E-state index in [1.165, 1.54) is 0 Å². The number of piperazine rings is 1. The molecule has 1 amide bonds. The molecule has 1 aliphatic heterocycles. The minimum atomic E-state index is 0.205. The Bertz CT molecular complexity index is 807. The summed E-state index contributed by atoms with van der Waals surface area (Å²) in [6.07, 6.45) is 0.550. The number of carbonyl (C=O) groups is 1. The Morgan fingerprint density at radius 2 is 2.04 bits per heavy atom. The van der Waals surface area contributed by atoms with E-state index in [2.05, 4.69) is 20.4 Å². The minimum absolute atomic E-state index is 0.205. The summed E-state index contributed by atoms with van der Waals surface area (Å²) in [6, 6.07) is 3.91. The van der Waals surface area contributed by atoms with Crippen LogP contribution >= 0.6 is 22.9 Å². The highest BCUT2D eigenvalue weighted by Gasteiger charge is 2.24. The second-order valence-corrected chi connectivity index (χ2v) is 7.59. The molecular weight excluding hydrogens is 358 g/mol. The number of nitrogens with zero attached hydrogens (tertiary/aromatic N) is 4. The monoisotopic (exact) mass is 379 g/mol. The molecule has 1 aliphatic rings. The zero-order valence-corrected chi connectivity index (χ0v) is 16.2. The first-order valence-electron chi connectivity index (χ1n) is 8.38. The molecule has 1 aromatic heterocycles. The van der Waals surface area contributed by atoms with Crippen molar-refractivity contribution in [2.24, 2.45) is 5.10 Å². The van der Waals surface area contributed by atoms with E-state index >= 15 is 0 Å². The third-order valence-corrected chi connectivity index (χ3v) is 5.34. The highest BCUT2D eigenvalue weighted by Crippen LogP contribution is 2.38. The van der Waals surface area contributed by atoms with Crippen molar-refractivity contribution in [1.82, 2.24) is 9.88 Å². The quantitative estimate of drug-likeness (QED) is 0.648. The predicted molar refractivity (Wildman–Crippen MR) is 106 cm³/mol. The van der Waals surface area contributed by atoms with Crippen molar-refractivity contribution in [3.63, 3.8) is 0 Å². The van der Waals surface area contributed by atoms with Gasteiger partial charge >= 0.3 is 0 Å². The molecule has 0 spiro atoms. The third kappa shape index (κ3) is 3.88. The number of rotatable bonds is 4. The van der Waals surface area contributed by atoms with Crippen molar-refractivity contribution in [2.45, 2.75) is 27.2 Å². The van der Waals surface area contributed by atoms with Gasteiger partial charge in [-0.05, 0) is 26.0 Å². The van der Waals surface area contributed by atoms with Crippen LogP contribution in [-0.2, 0) is 4.79 Å². The highest BCUT2D eigenvalue weighted by atomic mass is 35.5. The van der Waals surface area contributed by atoms with E-state index in [1.807, 2.05) is 37.8 Å². The van der Waals surface area contributed by atoms with Gasteiger partial charge in [0.15, 0.2) is 0 Å². The number of benzene rings is 1. The molecule has 0 aliphatic carbocycles. The van der Waals surface area contributed by atoms with Gasteiger partial charge in [-0.2, -0.15) is 5.10 Å². The molecule has 0 radical (unpaired) electrons. The van der Waals surface area contributed by atoms with Crippen LogP contribution in [0.5, 0.6) is 0 Å². The fourth-order valence-electron chi connectivity index (χ4n) is 2.87. The number of halogens is 1. The molecule has 2 heterocycles. The topological polar surface area (TPSA) is 60.8 Å². The van der Waals surface area contributed by atoms with Gasteiger partial charge in [0.2, 0.25) is 11.0 Å². The zero-order chi connectivity index (χ0) is 18.0. The van der Waals surface area contributed by atoms with Crippen molar-refractivity contribution >= 4 is 55.6 Å². The van der Waals surface area contributed by atoms with Gasteiger partial charge in [-0.3, -0.25) is 10.2 Å². The van der Waals surface area contributed by atoms with Crippen LogP contribution in [0.3, 0.4) is 0 Å². The maximum Gasteiger partial charge on any atom is 0.222 e. The fraction of sp³-hybridized carbons (Fsp3) is 0.471. The van der Waals surface area contributed by atoms with Crippen LogP contribution in [0.15, 0.2) is 17.2 Å². The summed E-state index contributed by atoms with van der Waals surface area (Å²) in [5, 5.41) is 5.66. The molecule has 0 unspecified atom stereocenters. The normalized spacial score (nSPS) is 14.7. The van der Waals surface area contributed by atoms with Crippen molar-refractivity contribution in [2.75, 3.05) is 36.5 Å². The van der Waals surface area contributed by atoms with Crippen LogP contribution in [0.4, 0.5) is 10.8 Å². The Balaban J connectivity index is 1.87. The molecule has 3 rings (SSSR count). The molecule has 1 saturated heterocycles. The van der Waals surface area contributed by atoms with E-state index in [-0.39, 0.29) is 5.91 Å². The molecule has 0 atom stereocenters. The first kappa shape index (κ1) is 17.9. The van der Waals surface area contributed by atoms with Crippen molar-refractivity contribution < 1.29 is 4.79 Å². The number of anilines is 2. The van der Waals surface area contributed by atoms with Crippen LogP contribution in [0.25, 0.3) is 10.2 Å². The Hall–Kier alpha value is -1.86. The zero-order valence-electron chi connectivity index (χ0n) is 14.7. The number of amides is 1. The average molecular weight is 380 g/mol. The molecule has 1 N–H and O–H groups in total. The molecule has 1 fully saturated rings. The van der Waals surface area contributed by atoms with Crippen molar-refractivity contribution in [3.8, 4) is 0 Å². The van der Waals surface area contributed by atoms with E-state index < -0.39 is 0 Å². The molecule has 6 nitrogen and oxygen atoms in total. The van der Waals surface area contributed by atoms with E-state index in [4.69, 9.17) is 11.6 Å². The Morgan fingerprint density at radius 1 is 1.32 bits per heavy atom. The summed E-state index contributed by atoms with van der Waals surface area (Å²) < 4.78 is 1.07. The van der Waals surface area contributed by atoms with Crippen LogP contribution in [0, 0.1) is 0 Å². The number of fused-ring (bicyclic) bond motifs is 1. The lowest BCUT2D eigenvalue weighted by Gasteiger charge is -2.36. The van der Waals surface area contributed by atoms with Crippen LogP contribution in [-0.4, -0.2) is 47.7 Å². The molecule has 25 heavy (non-hydrogen) atoms. The molecule has 8 heteroatoms. The summed E-state index contributed by atoms with van der Waals surface area (Å²) in [6.45, 7) is 8.71. The lowest BCUT2D eigenvalue weighted by molar-refractivity contribution is -0.131. The van der Waals surface area contributed by atoms with Gasteiger partial charge in [-0.15, -0.1) is 0 Å². The van der Waals surface area contributed by atoms with Gasteiger partial charge in [0.05, 0.1) is 15.4 Å². The molecular formula is C17H22ClN5OS. The first-order valence-corrected chi connectivity index (χ1v) is 9.57. The summed E-state index contributed by atoms with van der Waals surface area (Å²) >= 11 is 8.05. The molecule has 0 saturated carbocycles. The number of hydrogen-bond donors (Lipinski definition) is 1. The summed E-state index contributed by atoms with van der Waals surface area (Å²) in [7, 11) is 0. The van der Waals surface area contributed by atoms with Gasteiger partial charge in [0, 0.05) is 38.3 Å². The maximum atomic E-state index is 11.9.